The summed E-state index contributed by atoms with van der Waals surface area (Å²) in [4.78, 5) is 10.2. The van der Waals surface area contributed by atoms with Crippen LogP contribution in [0.1, 0.15) is 12.8 Å². The molecule has 0 bridgehead atoms. The third-order valence-electron chi connectivity index (χ3n) is 1.80. The molecule has 0 radical (unpaired) electrons. The smallest absolute Gasteiger partial charge is 0.303 e. The van der Waals surface area contributed by atoms with Crippen LogP contribution in [0.4, 0.5) is 0 Å². The fourth-order valence-corrected chi connectivity index (χ4v) is 1.08. The van der Waals surface area contributed by atoms with Crippen molar-refractivity contribution < 1.29 is 15.0 Å². The number of allylic oxidation sites excluding steroid dienone is 5. The van der Waals surface area contributed by atoms with Gasteiger partial charge in [-0.3, -0.25) is 4.79 Å². The number of hydrogen-bond acceptors (Lipinski definition) is 3. The van der Waals surface area contributed by atoms with Crippen LogP contribution < -0.4 is 5.32 Å². The predicted molar refractivity (Wildman–Crippen MR) is 52.8 cm³/mol. The zero-order valence-corrected chi connectivity index (χ0v) is 7.73. The van der Waals surface area contributed by atoms with Crippen LogP contribution in [0.15, 0.2) is 35.8 Å². The van der Waals surface area contributed by atoms with Crippen molar-refractivity contribution in [1.29, 1.82) is 0 Å². The molecule has 14 heavy (non-hydrogen) atoms. The monoisotopic (exact) mass is 195 g/mol. The molecule has 1 aliphatic carbocycles. The number of carbonyl (C=O) groups is 1. The molecule has 0 fully saturated rings. The first-order chi connectivity index (χ1) is 6.70. The molecule has 3 N–H and O–H groups in total. The summed E-state index contributed by atoms with van der Waals surface area (Å²) in [5.41, 5.74) is 0.723. The van der Waals surface area contributed by atoms with Crippen LogP contribution >= 0.6 is 0 Å². The summed E-state index contributed by atoms with van der Waals surface area (Å²) in [5, 5.41) is 20.5. The SMILES string of the molecule is O=C(O)CCCNC(O)=C1C=CC=C1. The Kier molecular flexibility index (Phi) is 3.79. The third-order valence-corrected chi connectivity index (χ3v) is 1.80. The predicted octanol–water partition coefficient (Wildman–Crippen LogP) is 1.34. The minimum Gasteiger partial charge on any atom is -0.494 e. The topological polar surface area (TPSA) is 69.6 Å². The Bertz CT molecular complexity index is 288. The molecular weight excluding hydrogens is 182 g/mol. The lowest BCUT2D eigenvalue weighted by atomic mass is 10.3. The fourth-order valence-electron chi connectivity index (χ4n) is 1.08. The largest absolute Gasteiger partial charge is 0.494 e. The van der Waals surface area contributed by atoms with Crippen LogP contribution in [-0.2, 0) is 4.79 Å². The molecule has 0 unspecified atom stereocenters. The average molecular weight is 195 g/mol. The van der Waals surface area contributed by atoms with E-state index in [0.29, 0.717) is 13.0 Å². The number of carboxylic acid groups (broad SMARTS) is 1. The van der Waals surface area contributed by atoms with Gasteiger partial charge in [-0.25, -0.2) is 0 Å². The molecule has 0 aromatic rings. The van der Waals surface area contributed by atoms with Gasteiger partial charge in [-0.1, -0.05) is 12.2 Å². The second-order valence-electron chi connectivity index (χ2n) is 2.95. The second kappa shape index (κ2) is 5.11. The Balaban J connectivity index is 2.25. The van der Waals surface area contributed by atoms with E-state index in [-0.39, 0.29) is 12.3 Å². The van der Waals surface area contributed by atoms with E-state index < -0.39 is 5.97 Å². The summed E-state index contributed by atoms with van der Waals surface area (Å²) in [7, 11) is 0. The first-order valence-corrected chi connectivity index (χ1v) is 4.44. The molecule has 1 aliphatic rings. The molecule has 0 aromatic heterocycles. The van der Waals surface area contributed by atoms with Crippen LogP contribution in [0, 0.1) is 0 Å². The Labute approximate surface area is 82.2 Å². The van der Waals surface area contributed by atoms with E-state index in [1.54, 1.807) is 12.2 Å². The summed E-state index contributed by atoms with van der Waals surface area (Å²) >= 11 is 0. The van der Waals surface area contributed by atoms with Gasteiger partial charge in [0.2, 0.25) is 0 Å². The zero-order chi connectivity index (χ0) is 10.4. The van der Waals surface area contributed by atoms with E-state index in [0.717, 1.165) is 5.57 Å². The number of nitrogens with one attached hydrogen (secondary N) is 1. The Morgan fingerprint density at radius 3 is 2.50 bits per heavy atom. The van der Waals surface area contributed by atoms with Crippen molar-refractivity contribution in [3.63, 3.8) is 0 Å². The molecule has 0 amide bonds. The second-order valence-corrected chi connectivity index (χ2v) is 2.95. The van der Waals surface area contributed by atoms with Gasteiger partial charge in [-0.2, -0.15) is 0 Å². The van der Waals surface area contributed by atoms with E-state index in [4.69, 9.17) is 5.11 Å². The van der Waals surface area contributed by atoms with Gasteiger partial charge in [-0.05, 0) is 18.6 Å². The summed E-state index contributed by atoms with van der Waals surface area (Å²) in [6, 6.07) is 0. The normalized spacial score (nSPS) is 13.3. The maximum absolute atomic E-state index is 10.2. The van der Waals surface area contributed by atoms with E-state index in [2.05, 4.69) is 5.32 Å². The van der Waals surface area contributed by atoms with E-state index in [9.17, 15) is 9.90 Å². The lowest BCUT2D eigenvalue weighted by Crippen LogP contribution is -2.16. The van der Waals surface area contributed by atoms with Gasteiger partial charge in [0.05, 0.1) is 0 Å². The van der Waals surface area contributed by atoms with Crippen LogP contribution in [0.5, 0.6) is 0 Å². The summed E-state index contributed by atoms with van der Waals surface area (Å²) < 4.78 is 0. The number of rotatable bonds is 5. The Morgan fingerprint density at radius 1 is 1.29 bits per heavy atom. The summed E-state index contributed by atoms with van der Waals surface area (Å²) in [5.74, 6) is -0.722. The minimum atomic E-state index is -0.820. The van der Waals surface area contributed by atoms with Crippen LogP contribution in [-0.4, -0.2) is 22.7 Å². The summed E-state index contributed by atoms with van der Waals surface area (Å²) in [6.45, 7) is 0.462. The van der Waals surface area contributed by atoms with Crippen molar-refractivity contribution in [2.45, 2.75) is 12.8 Å². The number of aliphatic hydroxyl groups excluding tert-OH is 1. The van der Waals surface area contributed by atoms with Crippen LogP contribution in [0.25, 0.3) is 0 Å². The highest BCUT2D eigenvalue weighted by molar-refractivity contribution is 5.66. The van der Waals surface area contributed by atoms with Crippen molar-refractivity contribution >= 4 is 5.97 Å². The molecule has 4 heteroatoms. The number of carboxylic acids is 1. The lowest BCUT2D eigenvalue weighted by Gasteiger charge is -2.05. The van der Waals surface area contributed by atoms with Crippen molar-refractivity contribution in [1.82, 2.24) is 5.32 Å². The molecule has 4 nitrogen and oxygen atoms in total. The van der Waals surface area contributed by atoms with E-state index >= 15 is 0 Å². The highest BCUT2D eigenvalue weighted by Gasteiger charge is 2.01. The van der Waals surface area contributed by atoms with Gasteiger partial charge in [0, 0.05) is 18.5 Å². The van der Waals surface area contributed by atoms with Crippen LogP contribution in [0.3, 0.4) is 0 Å². The van der Waals surface area contributed by atoms with Gasteiger partial charge >= 0.3 is 5.97 Å². The third kappa shape index (κ3) is 3.35. The first-order valence-electron chi connectivity index (χ1n) is 4.44. The number of aliphatic carboxylic acids is 1. The quantitative estimate of drug-likeness (QED) is 0.457. The molecule has 0 heterocycles. The first kappa shape index (κ1) is 10.4. The molecule has 76 valence electrons. The highest BCUT2D eigenvalue weighted by atomic mass is 16.4. The molecule has 0 saturated carbocycles. The number of hydrogen-bond donors (Lipinski definition) is 3. The molecular formula is C10H13NO3. The van der Waals surface area contributed by atoms with Gasteiger partial charge in [0.1, 0.15) is 0 Å². The molecule has 0 atom stereocenters. The Morgan fingerprint density at radius 2 is 1.93 bits per heavy atom. The maximum atomic E-state index is 10.2. The van der Waals surface area contributed by atoms with Crippen molar-refractivity contribution in [3.8, 4) is 0 Å². The van der Waals surface area contributed by atoms with Crippen molar-refractivity contribution in [2.75, 3.05) is 6.54 Å². The standard InChI is InChI=1S/C10H13NO3/c12-9(13)6-3-7-11-10(14)8-4-1-2-5-8/h1-2,4-5,11,14H,3,6-7H2,(H,12,13). The zero-order valence-electron chi connectivity index (χ0n) is 7.73. The molecule has 0 saturated heterocycles. The molecule has 0 spiro atoms. The van der Waals surface area contributed by atoms with Gasteiger partial charge in [0.25, 0.3) is 0 Å². The van der Waals surface area contributed by atoms with Gasteiger partial charge < -0.3 is 15.5 Å². The van der Waals surface area contributed by atoms with Crippen LogP contribution in [0.2, 0.25) is 0 Å². The van der Waals surface area contributed by atoms with Crippen molar-refractivity contribution in [3.05, 3.63) is 35.8 Å². The fraction of sp³-hybridized carbons (Fsp3) is 0.300. The van der Waals surface area contributed by atoms with Gasteiger partial charge in [0.15, 0.2) is 5.88 Å². The van der Waals surface area contributed by atoms with Gasteiger partial charge in [-0.15, -0.1) is 0 Å². The minimum absolute atomic E-state index is 0.0976. The molecule has 0 aromatic carbocycles. The highest BCUT2D eigenvalue weighted by Crippen LogP contribution is 2.09. The van der Waals surface area contributed by atoms with E-state index in [1.165, 1.54) is 0 Å². The molecule has 0 aliphatic heterocycles. The average Bonchev–Trinajstić information content (AvgIpc) is 2.64. The number of aliphatic hydroxyl groups is 1. The Hall–Kier alpha value is -1.71. The maximum Gasteiger partial charge on any atom is 0.303 e. The molecule has 1 rings (SSSR count). The van der Waals surface area contributed by atoms with Crippen molar-refractivity contribution in [2.24, 2.45) is 0 Å². The van der Waals surface area contributed by atoms with E-state index in [1.807, 2.05) is 12.2 Å². The summed E-state index contributed by atoms with van der Waals surface area (Å²) in [6.07, 6.45) is 7.81. The lowest BCUT2D eigenvalue weighted by molar-refractivity contribution is -0.137.